The van der Waals surface area contributed by atoms with Gasteiger partial charge in [-0.1, -0.05) is 24.6 Å². The van der Waals surface area contributed by atoms with E-state index >= 15 is 0 Å². The Morgan fingerprint density at radius 2 is 1.95 bits per heavy atom. The Morgan fingerprint density at radius 1 is 1.19 bits per heavy atom. The third-order valence-electron chi connectivity index (χ3n) is 4.69. The predicted molar refractivity (Wildman–Crippen MR) is 88.5 cm³/mol. The molecule has 0 N–H and O–H groups in total. The number of aliphatic imine (C=N–C) groups is 1. The van der Waals surface area contributed by atoms with Crippen LogP contribution in [0.2, 0.25) is 0 Å². The van der Waals surface area contributed by atoms with Crippen molar-refractivity contribution in [3.05, 3.63) is 34.7 Å². The van der Waals surface area contributed by atoms with Crippen LogP contribution in [0.5, 0.6) is 5.75 Å². The zero-order valence-electron chi connectivity index (χ0n) is 12.5. The van der Waals surface area contributed by atoms with Crippen molar-refractivity contribution in [1.29, 1.82) is 0 Å². The van der Waals surface area contributed by atoms with E-state index in [4.69, 9.17) is 9.73 Å². The molecule has 110 valence electrons. The molecule has 4 heteroatoms. The van der Waals surface area contributed by atoms with Crippen LogP contribution < -0.4 is 4.74 Å². The lowest BCUT2D eigenvalue weighted by Crippen LogP contribution is -2.38. The van der Waals surface area contributed by atoms with Crippen LogP contribution >= 0.6 is 11.8 Å². The highest BCUT2D eigenvalue weighted by molar-refractivity contribution is 8.17. The first-order valence-corrected chi connectivity index (χ1v) is 8.50. The molecule has 2 aliphatic heterocycles. The highest BCUT2D eigenvalue weighted by Gasteiger charge is 2.43. The van der Waals surface area contributed by atoms with Crippen LogP contribution in [0.3, 0.4) is 0 Å². The van der Waals surface area contributed by atoms with E-state index in [0.29, 0.717) is 12.1 Å². The summed E-state index contributed by atoms with van der Waals surface area (Å²) in [5, 5.41) is 1.22. The first kappa shape index (κ1) is 13.3. The van der Waals surface area contributed by atoms with Crippen LogP contribution in [-0.2, 0) is 0 Å². The molecule has 2 heterocycles. The zero-order chi connectivity index (χ0) is 14.4. The minimum absolute atomic E-state index is 0.516. The van der Waals surface area contributed by atoms with E-state index < -0.39 is 0 Å². The van der Waals surface area contributed by atoms with Gasteiger partial charge in [-0.15, -0.1) is 0 Å². The number of amidine groups is 1. The Balaban J connectivity index is 1.70. The smallest absolute Gasteiger partial charge is 0.169 e. The second-order valence-corrected chi connectivity index (χ2v) is 7.12. The third kappa shape index (κ3) is 2.08. The molecule has 3 aliphatic rings. The van der Waals surface area contributed by atoms with Gasteiger partial charge in [0.15, 0.2) is 5.17 Å². The standard InChI is InChI=1S/C17H20N2OS/c1-11-16(12-7-9-13(20-2)10-8-12)19-15-6-4-3-5-14(15)18-17(19)21-11/h7-10,14-15H,3-6H2,1-2H3/t14-,15-/m1/s1. The number of hydrogen-bond acceptors (Lipinski definition) is 4. The lowest BCUT2D eigenvalue weighted by atomic mass is 9.90. The summed E-state index contributed by atoms with van der Waals surface area (Å²) < 4.78 is 5.27. The van der Waals surface area contributed by atoms with E-state index in [2.05, 4.69) is 24.0 Å². The quantitative estimate of drug-likeness (QED) is 0.821. The van der Waals surface area contributed by atoms with Crippen LogP contribution in [0.25, 0.3) is 5.70 Å². The molecule has 0 spiro atoms. The molecule has 0 bridgehead atoms. The Bertz CT molecular complexity index is 620. The number of thioether (sulfide) groups is 1. The highest BCUT2D eigenvalue weighted by Crippen LogP contribution is 2.47. The van der Waals surface area contributed by atoms with Crippen molar-refractivity contribution in [3.63, 3.8) is 0 Å². The second-order valence-electron chi connectivity index (χ2n) is 5.94. The summed E-state index contributed by atoms with van der Waals surface area (Å²) in [7, 11) is 1.71. The molecule has 1 aromatic rings. The normalized spacial score (nSPS) is 27.5. The van der Waals surface area contributed by atoms with E-state index in [9.17, 15) is 0 Å². The van der Waals surface area contributed by atoms with Crippen LogP contribution in [-0.4, -0.2) is 29.3 Å². The Hall–Kier alpha value is -1.42. The first-order valence-electron chi connectivity index (χ1n) is 7.68. The van der Waals surface area contributed by atoms with Gasteiger partial charge >= 0.3 is 0 Å². The van der Waals surface area contributed by atoms with E-state index in [1.807, 2.05) is 23.9 Å². The lowest BCUT2D eigenvalue weighted by molar-refractivity contribution is 0.305. The maximum absolute atomic E-state index is 5.27. The summed E-state index contributed by atoms with van der Waals surface area (Å²) in [6.45, 7) is 2.21. The highest BCUT2D eigenvalue weighted by atomic mass is 32.2. The fourth-order valence-corrected chi connectivity index (χ4v) is 4.77. The summed E-state index contributed by atoms with van der Waals surface area (Å²) in [4.78, 5) is 8.84. The van der Waals surface area contributed by atoms with Crippen LogP contribution in [0.15, 0.2) is 34.2 Å². The molecule has 1 aliphatic carbocycles. The van der Waals surface area contributed by atoms with E-state index in [-0.39, 0.29) is 0 Å². The van der Waals surface area contributed by atoms with E-state index in [1.54, 1.807) is 7.11 Å². The van der Waals surface area contributed by atoms with Gasteiger partial charge in [-0.2, -0.15) is 0 Å². The predicted octanol–water partition coefficient (Wildman–Crippen LogP) is 4.11. The molecule has 3 nitrogen and oxygen atoms in total. The number of fused-ring (bicyclic) bond motifs is 3. The maximum Gasteiger partial charge on any atom is 0.169 e. The van der Waals surface area contributed by atoms with Crippen molar-refractivity contribution in [1.82, 2.24) is 4.90 Å². The molecule has 1 saturated carbocycles. The first-order chi connectivity index (χ1) is 10.3. The average molecular weight is 300 g/mol. The molecule has 0 unspecified atom stereocenters. The fraction of sp³-hybridized carbons (Fsp3) is 0.471. The number of benzene rings is 1. The van der Waals surface area contributed by atoms with Crippen molar-refractivity contribution >= 4 is 22.6 Å². The molecule has 1 fully saturated rings. The van der Waals surface area contributed by atoms with Crippen molar-refractivity contribution in [2.24, 2.45) is 4.99 Å². The Morgan fingerprint density at radius 3 is 2.71 bits per heavy atom. The molecule has 0 amide bonds. The van der Waals surface area contributed by atoms with Crippen LogP contribution in [0.1, 0.15) is 38.2 Å². The largest absolute Gasteiger partial charge is 0.497 e. The van der Waals surface area contributed by atoms with Crippen molar-refractivity contribution in [2.75, 3.05) is 7.11 Å². The van der Waals surface area contributed by atoms with E-state index in [0.717, 1.165) is 5.75 Å². The summed E-state index contributed by atoms with van der Waals surface area (Å²) >= 11 is 1.84. The van der Waals surface area contributed by atoms with Gasteiger partial charge in [-0.25, -0.2) is 0 Å². The molecule has 21 heavy (non-hydrogen) atoms. The number of ether oxygens (including phenoxy) is 1. The molecule has 0 saturated heterocycles. The third-order valence-corrected chi connectivity index (χ3v) is 5.67. The molecule has 4 rings (SSSR count). The van der Waals surface area contributed by atoms with Crippen molar-refractivity contribution in [3.8, 4) is 5.75 Å². The Labute approximate surface area is 130 Å². The Kier molecular flexibility index (Phi) is 3.21. The summed E-state index contributed by atoms with van der Waals surface area (Å²) in [5.41, 5.74) is 2.63. The number of allylic oxidation sites excluding steroid dienone is 1. The number of nitrogens with zero attached hydrogens (tertiary/aromatic N) is 2. The second kappa shape index (κ2) is 5.09. The minimum Gasteiger partial charge on any atom is -0.497 e. The van der Waals surface area contributed by atoms with Gasteiger partial charge in [-0.05, 0) is 49.6 Å². The zero-order valence-corrected chi connectivity index (χ0v) is 13.3. The molecular weight excluding hydrogens is 280 g/mol. The monoisotopic (exact) mass is 300 g/mol. The van der Waals surface area contributed by atoms with Gasteiger partial charge in [0.2, 0.25) is 0 Å². The number of methoxy groups -OCH3 is 1. The molecule has 1 aromatic carbocycles. The summed E-state index contributed by atoms with van der Waals surface area (Å²) in [6, 6.07) is 9.51. The molecule has 0 aromatic heterocycles. The number of rotatable bonds is 2. The lowest BCUT2D eigenvalue weighted by Gasteiger charge is -2.32. The van der Waals surface area contributed by atoms with Gasteiger partial charge in [0, 0.05) is 4.91 Å². The SMILES string of the molecule is COc1ccc(C2=C(C)SC3=N[C@@H]4CCCC[C@H]4N32)cc1. The van der Waals surface area contributed by atoms with Gasteiger partial charge in [-0.3, -0.25) is 4.99 Å². The number of hydrogen-bond donors (Lipinski definition) is 0. The van der Waals surface area contributed by atoms with Crippen molar-refractivity contribution < 1.29 is 4.74 Å². The van der Waals surface area contributed by atoms with Crippen molar-refractivity contribution in [2.45, 2.75) is 44.7 Å². The average Bonchev–Trinajstić information content (AvgIpc) is 3.02. The van der Waals surface area contributed by atoms with Crippen LogP contribution in [0, 0.1) is 0 Å². The van der Waals surface area contributed by atoms with Crippen LogP contribution in [0.4, 0.5) is 0 Å². The topological polar surface area (TPSA) is 24.8 Å². The fourth-order valence-electron chi connectivity index (χ4n) is 3.67. The van der Waals surface area contributed by atoms with Gasteiger partial charge in [0.1, 0.15) is 5.75 Å². The summed E-state index contributed by atoms with van der Waals surface area (Å²) in [5.74, 6) is 0.911. The minimum atomic E-state index is 0.516. The summed E-state index contributed by atoms with van der Waals surface area (Å²) in [6.07, 6.45) is 5.18. The van der Waals surface area contributed by atoms with E-state index in [1.165, 1.54) is 47.0 Å². The maximum atomic E-state index is 5.27. The van der Waals surface area contributed by atoms with Gasteiger partial charge in [0.25, 0.3) is 0 Å². The molecule has 0 radical (unpaired) electrons. The van der Waals surface area contributed by atoms with Gasteiger partial charge < -0.3 is 9.64 Å². The molecular formula is C17H20N2OS. The van der Waals surface area contributed by atoms with Gasteiger partial charge in [0.05, 0.1) is 24.9 Å². The molecule has 2 atom stereocenters.